The molecule has 0 spiro atoms. The first-order valence-corrected chi connectivity index (χ1v) is 14.2. The van der Waals surface area contributed by atoms with Gasteiger partial charge in [0.05, 0.1) is 5.52 Å². The molecule has 2 aromatic heterocycles. The van der Waals surface area contributed by atoms with Gasteiger partial charge in [0.2, 0.25) is 5.28 Å². The minimum atomic E-state index is -0.137. The number of rotatable bonds is 9. The molecule has 1 saturated heterocycles. The molecule has 3 aromatic carbocycles. The van der Waals surface area contributed by atoms with E-state index in [-0.39, 0.29) is 6.23 Å². The molecule has 1 N–H and O–H groups in total. The highest BCUT2D eigenvalue weighted by molar-refractivity contribution is 6.28. The zero-order chi connectivity index (χ0) is 27.3. The van der Waals surface area contributed by atoms with Crippen LogP contribution in [0.4, 0.5) is 0 Å². The second-order valence-electron chi connectivity index (χ2n) is 10.3. The predicted octanol–water partition coefficient (Wildman–Crippen LogP) is 6.06. The van der Waals surface area contributed by atoms with Crippen molar-refractivity contribution in [1.29, 1.82) is 0 Å². The van der Waals surface area contributed by atoms with Crippen LogP contribution in [0.3, 0.4) is 0 Å². The van der Waals surface area contributed by atoms with E-state index < -0.39 is 0 Å². The van der Waals surface area contributed by atoms with Gasteiger partial charge in [-0.2, -0.15) is 9.78 Å². The van der Waals surface area contributed by atoms with E-state index in [4.69, 9.17) is 16.3 Å². The van der Waals surface area contributed by atoms with E-state index in [9.17, 15) is 0 Å². The van der Waals surface area contributed by atoms with Crippen LogP contribution in [-0.2, 0) is 13.0 Å². The number of piperidine rings is 1. The summed E-state index contributed by atoms with van der Waals surface area (Å²) in [6, 6.07) is 29.8. The van der Waals surface area contributed by atoms with E-state index in [0.717, 1.165) is 49.3 Å². The average Bonchev–Trinajstić information content (AvgIpc) is 3.42. The molecule has 6 rings (SSSR count). The van der Waals surface area contributed by atoms with Gasteiger partial charge in [-0.25, -0.2) is 4.98 Å². The first-order valence-electron chi connectivity index (χ1n) is 13.8. The minimum Gasteiger partial charge on any atom is -0.473 e. The van der Waals surface area contributed by atoms with Gasteiger partial charge in [0.25, 0.3) is 0 Å². The monoisotopic (exact) mass is 552 g/mol. The fourth-order valence-corrected chi connectivity index (χ4v) is 5.93. The highest BCUT2D eigenvalue weighted by Gasteiger charge is 2.32. The summed E-state index contributed by atoms with van der Waals surface area (Å²) in [4.78, 5) is 11.1. The summed E-state index contributed by atoms with van der Waals surface area (Å²) in [5.74, 6) is 0.727. The summed E-state index contributed by atoms with van der Waals surface area (Å²) < 4.78 is 8.20. The number of para-hydroxylation sites is 3. The van der Waals surface area contributed by atoms with Crippen LogP contribution in [0.5, 0.6) is 5.75 Å². The number of hydrogen-bond acceptors (Lipinski definition) is 6. The molecule has 5 aromatic rings. The average molecular weight is 553 g/mol. The molecule has 3 heterocycles. The zero-order valence-electron chi connectivity index (χ0n) is 22.5. The summed E-state index contributed by atoms with van der Waals surface area (Å²) in [5.41, 5.74) is 4.43. The van der Waals surface area contributed by atoms with Gasteiger partial charge in [0.15, 0.2) is 0 Å². The number of aromatic nitrogens is 4. The highest BCUT2D eigenvalue weighted by atomic mass is 35.5. The summed E-state index contributed by atoms with van der Waals surface area (Å²) in [5, 5.41) is 9.66. The lowest BCUT2D eigenvalue weighted by Gasteiger charge is -2.43. The minimum absolute atomic E-state index is 0.137. The topological polar surface area (TPSA) is 68.1 Å². The predicted molar refractivity (Wildman–Crippen MR) is 159 cm³/mol. The number of halogens is 1. The number of nitrogens with one attached hydrogen (secondary N) is 1. The lowest BCUT2D eigenvalue weighted by molar-refractivity contribution is -0.0181. The summed E-state index contributed by atoms with van der Waals surface area (Å²) >= 11 is 6.28. The maximum Gasteiger partial charge on any atom is 0.225 e. The van der Waals surface area contributed by atoms with Crippen molar-refractivity contribution >= 4 is 22.5 Å². The van der Waals surface area contributed by atoms with Crippen LogP contribution in [0.15, 0.2) is 97.5 Å². The van der Waals surface area contributed by atoms with Crippen molar-refractivity contribution in [2.24, 2.45) is 0 Å². The number of ether oxygens (including phenoxy) is 1. The Hall–Kier alpha value is -3.78. The van der Waals surface area contributed by atoms with Crippen molar-refractivity contribution in [2.45, 2.75) is 51.0 Å². The highest BCUT2D eigenvalue weighted by Crippen LogP contribution is 2.29. The number of benzene rings is 3. The second-order valence-corrected chi connectivity index (χ2v) is 10.6. The van der Waals surface area contributed by atoms with E-state index in [1.165, 1.54) is 22.8 Å². The standard InChI is InChI=1S/C32H33ClN6O/c1-23(40-31-14-8-7-13-30(31)39-32(33)36-22-37-39)38-18-16-26(20-27(38)19-24-9-3-2-4-10-24)35-21-25-15-17-34-29-12-6-5-11-28(25)29/h2-15,17,22-23,26-27,35H,16,18-21H2,1H3/t23?,26-,27+/m1/s1. The quantitative estimate of drug-likeness (QED) is 0.240. The molecule has 0 radical (unpaired) electrons. The SMILES string of the molecule is CC(Oc1ccccc1-n1ncnc1Cl)N1CC[C@@H](NCc2ccnc3ccccc23)C[C@@H]1Cc1ccccc1. The van der Waals surface area contributed by atoms with Crippen molar-refractivity contribution in [3.8, 4) is 11.4 Å². The number of fused-ring (bicyclic) bond motifs is 1. The summed E-state index contributed by atoms with van der Waals surface area (Å²) in [7, 11) is 0. The molecule has 0 bridgehead atoms. The molecular formula is C32H33ClN6O. The molecule has 0 amide bonds. The lowest BCUT2D eigenvalue weighted by Crippen LogP contribution is -2.54. The third-order valence-electron chi connectivity index (χ3n) is 7.76. The molecule has 1 fully saturated rings. The van der Waals surface area contributed by atoms with E-state index in [1.807, 2.05) is 36.5 Å². The van der Waals surface area contributed by atoms with E-state index in [2.05, 4.69) is 86.8 Å². The smallest absolute Gasteiger partial charge is 0.225 e. The number of hydrogen-bond donors (Lipinski definition) is 1. The van der Waals surface area contributed by atoms with Gasteiger partial charge in [-0.15, -0.1) is 0 Å². The van der Waals surface area contributed by atoms with Gasteiger partial charge in [-0.1, -0.05) is 60.7 Å². The normalized spacial score (nSPS) is 18.6. The first kappa shape index (κ1) is 26.4. The Labute approximate surface area is 239 Å². The Kier molecular flexibility index (Phi) is 8.04. The Bertz CT molecular complexity index is 1550. The summed E-state index contributed by atoms with van der Waals surface area (Å²) in [6.45, 7) is 3.89. The van der Waals surface area contributed by atoms with Crippen molar-refractivity contribution in [1.82, 2.24) is 30.0 Å². The van der Waals surface area contributed by atoms with Crippen LogP contribution in [0.2, 0.25) is 5.28 Å². The maximum atomic E-state index is 6.60. The third kappa shape index (κ3) is 5.87. The van der Waals surface area contributed by atoms with Gasteiger partial charge in [-0.05, 0) is 73.2 Å². The van der Waals surface area contributed by atoms with Crippen molar-refractivity contribution in [2.75, 3.05) is 6.54 Å². The van der Waals surface area contributed by atoms with E-state index >= 15 is 0 Å². The molecule has 40 heavy (non-hydrogen) atoms. The van der Waals surface area contributed by atoms with Crippen LogP contribution < -0.4 is 10.1 Å². The van der Waals surface area contributed by atoms with Crippen LogP contribution in [0.1, 0.15) is 30.9 Å². The molecular weight excluding hydrogens is 520 g/mol. The lowest BCUT2D eigenvalue weighted by atomic mass is 9.91. The van der Waals surface area contributed by atoms with Gasteiger partial charge in [0.1, 0.15) is 24.0 Å². The molecule has 7 nitrogen and oxygen atoms in total. The molecule has 1 aliphatic rings. The zero-order valence-corrected chi connectivity index (χ0v) is 23.3. The van der Waals surface area contributed by atoms with Gasteiger partial charge < -0.3 is 10.1 Å². The Balaban J connectivity index is 1.19. The molecule has 0 saturated carbocycles. The summed E-state index contributed by atoms with van der Waals surface area (Å²) in [6.07, 6.45) is 6.25. The van der Waals surface area contributed by atoms with Crippen molar-refractivity contribution in [3.63, 3.8) is 0 Å². The Morgan fingerprint density at radius 1 is 0.975 bits per heavy atom. The number of nitrogens with zero attached hydrogens (tertiary/aromatic N) is 5. The fourth-order valence-electron chi connectivity index (χ4n) is 5.76. The maximum absolute atomic E-state index is 6.60. The van der Waals surface area contributed by atoms with Crippen LogP contribution in [0, 0.1) is 0 Å². The van der Waals surface area contributed by atoms with Gasteiger partial charge in [-0.3, -0.25) is 9.88 Å². The largest absolute Gasteiger partial charge is 0.473 e. The van der Waals surface area contributed by atoms with Crippen molar-refractivity contribution < 1.29 is 4.74 Å². The Morgan fingerprint density at radius 2 is 1.77 bits per heavy atom. The third-order valence-corrected chi connectivity index (χ3v) is 8.02. The molecule has 8 heteroatoms. The van der Waals surface area contributed by atoms with Crippen molar-refractivity contribution in [3.05, 3.63) is 114 Å². The molecule has 3 atom stereocenters. The second kappa shape index (κ2) is 12.2. The van der Waals surface area contributed by atoms with Gasteiger partial charge >= 0.3 is 0 Å². The molecule has 0 aliphatic carbocycles. The van der Waals surface area contributed by atoms with E-state index in [0.29, 0.717) is 17.4 Å². The number of pyridine rings is 1. The molecule has 204 valence electrons. The van der Waals surface area contributed by atoms with E-state index in [1.54, 1.807) is 4.68 Å². The fraction of sp³-hybridized carbons (Fsp3) is 0.281. The van der Waals surface area contributed by atoms with Gasteiger partial charge in [0, 0.05) is 36.8 Å². The number of likely N-dealkylation sites (tertiary alicyclic amines) is 1. The van der Waals surface area contributed by atoms with Crippen LogP contribution in [0.25, 0.3) is 16.6 Å². The molecule has 1 unspecified atom stereocenters. The van der Waals surface area contributed by atoms with Crippen LogP contribution in [-0.4, -0.2) is 49.5 Å². The Morgan fingerprint density at radius 3 is 2.62 bits per heavy atom. The molecule has 1 aliphatic heterocycles. The first-order chi connectivity index (χ1) is 19.7. The van der Waals surface area contributed by atoms with Crippen LogP contribution >= 0.6 is 11.6 Å².